The van der Waals surface area contributed by atoms with Crippen molar-refractivity contribution in [1.82, 2.24) is 9.47 Å². The van der Waals surface area contributed by atoms with E-state index < -0.39 is 0 Å². The molecule has 0 unspecified atom stereocenters. The van der Waals surface area contributed by atoms with E-state index in [1.54, 1.807) is 14.2 Å². The average molecular weight is 419 g/mol. The van der Waals surface area contributed by atoms with Gasteiger partial charge in [0, 0.05) is 37.1 Å². The van der Waals surface area contributed by atoms with Gasteiger partial charge in [-0.25, -0.2) is 0 Å². The Morgan fingerprint density at radius 2 is 1.68 bits per heavy atom. The van der Waals surface area contributed by atoms with Crippen LogP contribution in [0, 0.1) is 0 Å². The van der Waals surface area contributed by atoms with Gasteiger partial charge in [-0.2, -0.15) is 0 Å². The predicted molar refractivity (Wildman–Crippen MR) is 126 cm³/mol. The van der Waals surface area contributed by atoms with Crippen LogP contribution in [0.1, 0.15) is 55.6 Å². The second kappa shape index (κ2) is 8.80. The zero-order valence-electron chi connectivity index (χ0n) is 19.4. The largest absolute Gasteiger partial charge is 0.493 e. The number of nitrogens with zero attached hydrogens (tertiary/aromatic N) is 2. The number of methoxy groups -OCH3 is 2. The number of rotatable bonds is 5. The summed E-state index contributed by atoms with van der Waals surface area (Å²) in [4.78, 5) is 2.57. The van der Waals surface area contributed by atoms with Crippen molar-refractivity contribution in [1.29, 1.82) is 0 Å². The molecule has 0 aliphatic carbocycles. The lowest BCUT2D eigenvalue weighted by molar-refractivity contribution is 0.216. The highest BCUT2D eigenvalue weighted by Gasteiger charge is 2.29. The van der Waals surface area contributed by atoms with Crippen molar-refractivity contribution in [2.24, 2.45) is 0 Å². The Kier molecular flexibility index (Phi) is 6.10. The molecule has 0 saturated heterocycles. The molecule has 1 atom stereocenters. The maximum Gasteiger partial charge on any atom is 0.165 e. The second-order valence-electron chi connectivity index (χ2n) is 9.38. The Bertz CT molecular complexity index is 1010. The minimum Gasteiger partial charge on any atom is -0.493 e. The van der Waals surface area contributed by atoms with Crippen molar-refractivity contribution in [2.75, 3.05) is 20.8 Å². The smallest absolute Gasteiger partial charge is 0.165 e. The molecule has 0 spiro atoms. The third-order valence-corrected chi connectivity index (χ3v) is 6.30. The summed E-state index contributed by atoms with van der Waals surface area (Å²) in [5.41, 5.74) is 5.34. The molecule has 4 heteroatoms. The minimum absolute atomic E-state index is 0.149. The Hall–Kier alpha value is -2.72. The molecular formula is C27H34N2O2. The van der Waals surface area contributed by atoms with Gasteiger partial charge < -0.3 is 14.0 Å². The number of fused-ring (bicyclic) bond motifs is 1. The Balaban J connectivity index is 1.74. The van der Waals surface area contributed by atoms with E-state index in [-0.39, 0.29) is 11.5 Å². The average Bonchev–Trinajstić information content (AvgIpc) is 3.14. The van der Waals surface area contributed by atoms with Gasteiger partial charge in [0.25, 0.3) is 0 Å². The molecule has 0 amide bonds. The van der Waals surface area contributed by atoms with Gasteiger partial charge in [-0.1, -0.05) is 57.2 Å². The van der Waals surface area contributed by atoms with Crippen LogP contribution >= 0.6 is 0 Å². The summed E-state index contributed by atoms with van der Waals surface area (Å²) in [5, 5.41) is 0. The fraction of sp³-hybridized carbons (Fsp3) is 0.407. The summed E-state index contributed by atoms with van der Waals surface area (Å²) in [5.74, 6) is 1.61. The third kappa shape index (κ3) is 4.35. The molecule has 4 rings (SSSR count). The summed E-state index contributed by atoms with van der Waals surface area (Å²) in [6.45, 7) is 9.66. The van der Waals surface area contributed by atoms with Gasteiger partial charge >= 0.3 is 0 Å². The van der Waals surface area contributed by atoms with E-state index in [1.807, 2.05) is 12.1 Å². The summed E-state index contributed by atoms with van der Waals surface area (Å²) >= 11 is 0. The van der Waals surface area contributed by atoms with Gasteiger partial charge in [0.05, 0.1) is 20.3 Å². The molecule has 1 aromatic heterocycles. The van der Waals surface area contributed by atoms with Gasteiger partial charge in [-0.15, -0.1) is 0 Å². The Morgan fingerprint density at radius 1 is 0.903 bits per heavy atom. The fourth-order valence-corrected chi connectivity index (χ4v) is 4.65. The molecule has 0 saturated carbocycles. The van der Waals surface area contributed by atoms with E-state index in [0.717, 1.165) is 43.1 Å². The monoisotopic (exact) mass is 418 g/mol. The van der Waals surface area contributed by atoms with Crippen LogP contribution in [0.3, 0.4) is 0 Å². The highest BCUT2D eigenvalue weighted by molar-refractivity contribution is 5.47. The second-order valence-corrected chi connectivity index (χ2v) is 9.38. The predicted octanol–water partition coefficient (Wildman–Crippen LogP) is 5.80. The standard InChI is InChI=1S/C27H34N2O2/c1-27(2,3)22-14-12-20(13-15-22)25-23-10-7-16-28(23)17-8-18-29(25)19-21-9-6-11-24(30-4)26(21)31-5/h6-7,9-16,25H,8,17-19H2,1-5H3/t25-/m0/s1. The van der Waals surface area contributed by atoms with E-state index in [2.05, 4.69) is 78.9 Å². The first-order valence-electron chi connectivity index (χ1n) is 11.1. The molecule has 3 aromatic rings. The van der Waals surface area contributed by atoms with Crippen LogP contribution in [0.2, 0.25) is 0 Å². The molecule has 0 radical (unpaired) electrons. The highest BCUT2D eigenvalue weighted by atomic mass is 16.5. The quantitative estimate of drug-likeness (QED) is 0.524. The number of hydrogen-bond acceptors (Lipinski definition) is 3. The van der Waals surface area contributed by atoms with Gasteiger partial charge in [0.2, 0.25) is 0 Å². The van der Waals surface area contributed by atoms with Crippen molar-refractivity contribution in [3.05, 3.63) is 83.2 Å². The SMILES string of the molecule is COc1cccc(CN2CCCn3cccc3[C@@H]2c2ccc(C(C)(C)C)cc2)c1OC. The molecule has 0 N–H and O–H groups in total. The molecule has 2 heterocycles. The van der Waals surface area contributed by atoms with Crippen molar-refractivity contribution >= 4 is 0 Å². The number of aryl methyl sites for hydroxylation is 1. The van der Waals surface area contributed by atoms with Crippen LogP contribution in [-0.2, 0) is 18.5 Å². The summed E-state index contributed by atoms with van der Waals surface area (Å²) in [6, 6.07) is 20.0. The zero-order valence-corrected chi connectivity index (χ0v) is 19.4. The molecule has 1 aliphatic heterocycles. The molecule has 31 heavy (non-hydrogen) atoms. The lowest BCUT2D eigenvalue weighted by Crippen LogP contribution is -2.29. The van der Waals surface area contributed by atoms with Gasteiger partial charge in [-0.05, 0) is 41.2 Å². The lowest BCUT2D eigenvalue weighted by atomic mass is 9.86. The first kappa shape index (κ1) is 21.5. The molecule has 2 aromatic carbocycles. The summed E-state index contributed by atoms with van der Waals surface area (Å²) in [6.07, 6.45) is 3.33. The van der Waals surface area contributed by atoms with E-state index in [4.69, 9.17) is 9.47 Å². The topological polar surface area (TPSA) is 26.6 Å². The molecule has 0 bridgehead atoms. The highest BCUT2D eigenvalue weighted by Crippen LogP contribution is 2.37. The van der Waals surface area contributed by atoms with Crippen molar-refractivity contribution in [2.45, 2.75) is 51.7 Å². The maximum absolute atomic E-state index is 5.73. The van der Waals surface area contributed by atoms with Crippen LogP contribution in [0.5, 0.6) is 11.5 Å². The summed E-state index contributed by atoms with van der Waals surface area (Å²) < 4.78 is 13.7. The van der Waals surface area contributed by atoms with Gasteiger partial charge in [0.1, 0.15) is 0 Å². The van der Waals surface area contributed by atoms with Crippen molar-refractivity contribution in [3.8, 4) is 11.5 Å². The van der Waals surface area contributed by atoms with Crippen molar-refractivity contribution in [3.63, 3.8) is 0 Å². The van der Waals surface area contributed by atoms with E-state index in [1.165, 1.54) is 16.8 Å². The fourth-order valence-electron chi connectivity index (χ4n) is 4.65. The number of benzene rings is 2. The Morgan fingerprint density at radius 3 is 2.35 bits per heavy atom. The number of ether oxygens (including phenoxy) is 2. The number of aromatic nitrogens is 1. The van der Waals surface area contributed by atoms with E-state index in [9.17, 15) is 0 Å². The molecule has 0 fully saturated rings. The Labute approximate surface area is 186 Å². The third-order valence-electron chi connectivity index (χ3n) is 6.30. The molecular weight excluding hydrogens is 384 g/mol. The van der Waals surface area contributed by atoms with Crippen LogP contribution in [-0.4, -0.2) is 30.2 Å². The van der Waals surface area contributed by atoms with Gasteiger partial charge in [0.15, 0.2) is 11.5 Å². The maximum atomic E-state index is 5.73. The van der Waals surface area contributed by atoms with Crippen LogP contribution in [0.15, 0.2) is 60.8 Å². The molecule has 4 nitrogen and oxygen atoms in total. The lowest BCUT2D eigenvalue weighted by Gasteiger charge is -2.32. The van der Waals surface area contributed by atoms with Gasteiger partial charge in [-0.3, -0.25) is 4.90 Å². The van der Waals surface area contributed by atoms with Crippen LogP contribution in [0.4, 0.5) is 0 Å². The van der Waals surface area contributed by atoms with Crippen LogP contribution < -0.4 is 9.47 Å². The zero-order chi connectivity index (χ0) is 22.0. The molecule has 1 aliphatic rings. The first-order valence-corrected chi connectivity index (χ1v) is 11.1. The molecule has 164 valence electrons. The van der Waals surface area contributed by atoms with E-state index >= 15 is 0 Å². The normalized spacial score (nSPS) is 17.1. The summed E-state index contributed by atoms with van der Waals surface area (Å²) in [7, 11) is 3.41. The first-order chi connectivity index (χ1) is 14.9. The van der Waals surface area contributed by atoms with E-state index in [0.29, 0.717) is 0 Å². The number of para-hydroxylation sites is 1. The van der Waals surface area contributed by atoms with Crippen molar-refractivity contribution < 1.29 is 9.47 Å². The minimum atomic E-state index is 0.149. The van der Waals surface area contributed by atoms with Crippen LogP contribution in [0.25, 0.3) is 0 Å². The number of hydrogen-bond donors (Lipinski definition) is 0.